The first-order chi connectivity index (χ1) is 13.5. The van der Waals surface area contributed by atoms with Gasteiger partial charge in [-0.15, -0.1) is 0 Å². The van der Waals surface area contributed by atoms with E-state index in [1.165, 1.54) is 0 Å². The van der Waals surface area contributed by atoms with Gasteiger partial charge in [-0.25, -0.2) is 4.98 Å². The molecule has 6 nitrogen and oxygen atoms in total. The summed E-state index contributed by atoms with van der Waals surface area (Å²) in [6.07, 6.45) is -1.16. The third-order valence-corrected chi connectivity index (χ3v) is 6.00. The van der Waals surface area contributed by atoms with Gasteiger partial charge in [0.15, 0.2) is 0 Å². The number of nitrogens with zero attached hydrogens (tertiary/aromatic N) is 2. The number of amides is 1. The molecule has 1 aromatic heterocycles. The number of imidazole rings is 1. The van der Waals surface area contributed by atoms with Crippen molar-refractivity contribution < 1.29 is 22.7 Å². The topological polar surface area (TPSA) is 70.2 Å². The number of alkyl halides is 3. The summed E-state index contributed by atoms with van der Waals surface area (Å²) >= 11 is 0. The Morgan fingerprint density at radius 3 is 2.62 bits per heavy atom. The number of aromatic amines is 1. The average molecular weight is 416 g/mol. The maximum atomic E-state index is 13.0. The molecule has 9 heteroatoms. The van der Waals surface area contributed by atoms with E-state index in [9.17, 15) is 18.0 Å². The largest absolute Gasteiger partial charge is 0.432 e. The van der Waals surface area contributed by atoms with Crippen LogP contribution in [0.4, 0.5) is 13.2 Å². The van der Waals surface area contributed by atoms with Gasteiger partial charge < -0.3 is 15.0 Å². The summed E-state index contributed by atoms with van der Waals surface area (Å²) < 4.78 is 44.0. The Bertz CT molecular complexity index is 705. The number of rotatable bonds is 5. The van der Waals surface area contributed by atoms with Crippen LogP contribution in [-0.4, -0.2) is 53.6 Å². The molecule has 2 aliphatic heterocycles. The lowest BCUT2D eigenvalue weighted by Crippen LogP contribution is -2.44. The van der Waals surface area contributed by atoms with Crippen LogP contribution in [0.3, 0.4) is 0 Å². The summed E-state index contributed by atoms with van der Waals surface area (Å²) in [6.45, 7) is 9.69. The molecule has 0 aromatic carbocycles. The van der Waals surface area contributed by atoms with Crippen molar-refractivity contribution in [1.82, 2.24) is 20.2 Å². The fraction of sp³-hybridized carbons (Fsp3) is 0.800. The molecule has 164 valence electrons. The predicted molar refractivity (Wildman–Crippen MR) is 102 cm³/mol. The Kier molecular flexibility index (Phi) is 6.29. The Morgan fingerprint density at radius 1 is 1.34 bits per heavy atom. The van der Waals surface area contributed by atoms with Crippen LogP contribution in [0.15, 0.2) is 6.20 Å². The minimum atomic E-state index is -4.44. The fourth-order valence-corrected chi connectivity index (χ4v) is 4.32. The van der Waals surface area contributed by atoms with Crippen molar-refractivity contribution >= 4 is 5.91 Å². The summed E-state index contributed by atoms with van der Waals surface area (Å²) in [5.41, 5.74) is -0.895. The molecule has 1 atom stereocenters. The van der Waals surface area contributed by atoms with Crippen molar-refractivity contribution in [3.05, 3.63) is 17.7 Å². The molecule has 0 saturated carbocycles. The predicted octanol–water partition coefficient (Wildman–Crippen LogP) is 3.21. The normalized spacial score (nSPS) is 22.9. The Morgan fingerprint density at radius 2 is 2.03 bits per heavy atom. The molecule has 3 heterocycles. The van der Waals surface area contributed by atoms with Gasteiger partial charge in [-0.1, -0.05) is 20.8 Å². The molecule has 2 aliphatic rings. The first-order valence-corrected chi connectivity index (χ1v) is 10.2. The van der Waals surface area contributed by atoms with Crippen molar-refractivity contribution in [3.63, 3.8) is 0 Å². The minimum Gasteiger partial charge on any atom is -0.381 e. The SMILES string of the molecule is CC(C)(C)CCNC(=O)C1CN(Cc2ncc(C(F)(F)F)[nH]2)CC12CCOCC2. The van der Waals surface area contributed by atoms with Gasteiger partial charge >= 0.3 is 6.18 Å². The number of aromatic nitrogens is 2. The smallest absolute Gasteiger partial charge is 0.381 e. The number of H-pyrrole nitrogens is 1. The van der Waals surface area contributed by atoms with Crippen LogP contribution in [-0.2, 0) is 22.3 Å². The molecule has 1 spiro atoms. The molecular formula is C20H31F3N4O2. The van der Waals surface area contributed by atoms with Gasteiger partial charge in [0, 0.05) is 38.3 Å². The van der Waals surface area contributed by atoms with Crippen molar-refractivity contribution in [2.75, 3.05) is 32.8 Å². The second kappa shape index (κ2) is 8.26. The number of likely N-dealkylation sites (tertiary alicyclic amines) is 1. The third-order valence-electron chi connectivity index (χ3n) is 6.00. The zero-order valence-corrected chi connectivity index (χ0v) is 17.4. The van der Waals surface area contributed by atoms with E-state index in [0.29, 0.717) is 32.8 Å². The maximum Gasteiger partial charge on any atom is 0.432 e. The van der Waals surface area contributed by atoms with E-state index in [1.807, 2.05) is 4.90 Å². The van der Waals surface area contributed by atoms with E-state index in [2.05, 4.69) is 36.1 Å². The molecule has 2 N–H and O–H groups in total. The van der Waals surface area contributed by atoms with Crippen LogP contribution in [0, 0.1) is 16.7 Å². The highest BCUT2D eigenvalue weighted by molar-refractivity contribution is 5.80. The first-order valence-electron chi connectivity index (χ1n) is 10.2. The van der Waals surface area contributed by atoms with Crippen molar-refractivity contribution in [2.24, 2.45) is 16.7 Å². The second-order valence-corrected chi connectivity index (χ2v) is 9.54. The Labute approximate surface area is 169 Å². The molecule has 1 amide bonds. The van der Waals surface area contributed by atoms with Gasteiger partial charge in [-0.3, -0.25) is 9.69 Å². The highest BCUT2D eigenvalue weighted by Crippen LogP contribution is 2.44. The molecule has 29 heavy (non-hydrogen) atoms. The monoisotopic (exact) mass is 416 g/mol. The molecule has 0 aliphatic carbocycles. The first kappa shape index (κ1) is 22.1. The van der Waals surface area contributed by atoms with Gasteiger partial charge in [-0.2, -0.15) is 13.2 Å². The summed E-state index contributed by atoms with van der Waals surface area (Å²) in [4.78, 5) is 21.3. The molecule has 2 fully saturated rings. The lowest BCUT2D eigenvalue weighted by atomic mass is 9.71. The standard InChI is InChI=1S/C20H31F3N4O2/c1-18(2,3)4-7-24-17(28)14-11-27(13-19(14)5-8-29-9-6-19)12-16-25-10-15(26-16)20(21,22)23/h10,14H,4-9,11-13H2,1-3H3,(H,24,28)(H,25,26). The number of nitrogens with one attached hydrogen (secondary N) is 2. The van der Waals surface area contributed by atoms with Crippen molar-refractivity contribution in [3.8, 4) is 0 Å². The summed E-state index contributed by atoms with van der Waals surface area (Å²) in [6, 6.07) is 0. The fourth-order valence-electron chi connectivity index (χ4n) is 4.32. The van der Waals surface area contributed by atoms with Crippen LogP contribution in [0.1, 0.15) is 51.6 Å². The highest BCUT2D eigenvalue weighted by Gasteiger charge is 2.50. The van der Waals surface area contributed by atoms with Crippen LogP contribution in [0.5, 0.6) is 0 Å². The van der Waals surface area contributed by atoms with Crippen molar-refractivity contribution in [2.45, 2.75) is 52.8 Å². The number of hydrogen-bond acceptors (Lipinski definition) is 4. The van der Waals surface area contributed by atoms with Gasteiger partial charge in [0.25, 0.3) is 0 Å². The van der Waals surface area contributed by atoms with Crippen LogP contribution < -0.4 is 5.32 Å². The molecular weight excluding hydrogens is 385 g/mol. The zero-order valence-electron chi connectivity index (χ0n) is 17.4. The van der Waals surface area contributed by atoms with E-state index in [4.69, 9.17) is 4.74 Å². The molecule has 1 unspecified atom stereocenters. The van der Waals surface area contributed by atoms with Crippen LogP contribution in [0.2, 0.25) is 0 Å². The van der Waals surface area contributed by atoms with Gasteiger partial charge in [0.1, 0.15) is 11.5 Å². The molecule has 0 radical (unpaired) electrons. The maximum absolute atomic E-state index is 13.0. The van der Waals surface area contributed by atoms with Crippen LogP contribution >= 0.6 is 0 Å². The average Bonchev–Trinajstić information content (AvgIpc) is 3.20. The zero-order chi connectivity index (χ0) is 21.3. The third kappa shape index (κ3) is 5.51. The van der Waals surface area contributed by atoms with E-state index >= 15 is 0 Å². The number of hydrogen-bond donors (Lipinski definition) is 2. The lowest BCUT2D eigenvalue weighted by Gasteiger charge is -2.37. The van der Waals surface area contributed by atoms with Crippen LogP contribution in [0.25, 0.3) is 0 Å². The van der Waals surface area contributed by atoms with E-state index < -0.39 is 11.9 Å². The van der Waals surface area contributed by atoms with Gasteiger partial charge in [0.2, 0.25) is 5.91 Å². The summed E-state index contributed by atoms with van der Waals surface area (Å²) in [5, 5.41) is 3.08. The number of halogens is 3. The minimum absolute atomic E-state index is 0.0362. The second-order valence-electron chi connectivity index (χ2n) is 9.54. The Balaban J connectivity index is 1.67. The van der Waals surface area contributed by atoms with Crippen molar-refractivity contribution in [1.29, 1.82) is 0 Å². The molecule has 2 saturated heterocycles. The van der Waals surface area contributed by atoms with Gasteiger partial charge in [-0.05, 0) is 24.7 Å². The Hall–Kier alpha value is -1.61. The number of ether oxygens (including phenoxy) is 1. The van der Waals surface area contributed by atoms with E-state index in [1.54, 1.807) is 0 Å². The van der Waals surface area contributed by atoms with E-state index in [-0.39, 0.29) is 35.0 Å². The molecule has 3 rings (SSSR count). The number of carbonyl (C=O) groups excluding carboxylic acids is 1. The van der Waals surface area contributed by atoms with E-state index in [0.717, 1.165) is 25.5 Å². The lowest BCUT2D eigenvalue weighted by molar-refractivity contribution is -0.141. The molecule has 1 aromatic rings. The van der Waals surface area contributed by atoms with Gasteiger partial charge in [0.05, 0.1) is 18.7 Å². The summed E-state index contributed by atoms with van der Waals surface area (Å²) in [7, 11) is 0. The highest BCUT2D eigenvalue weighted by atomic mass is 19.4. The number of carbonyl (C=O) groups is 1. The summed E-state index contributed by atoms with van der Waals surface area (Å²) in [5.74, 6) is 0.116. The quantitative estimate of drug-likeness (QED) is 0.773. The molecule has 0 bridgehead atoms.